The molecule has 3 heteroatoms. The lowest BCUT2D eigenvalue weighted by Gasteiger charge is -2.08. The third kappa shape index (κ3) is 8.17. The van der Waals surface area contributed by atoms with E-state index >= 15 is 0 Å². The van der Waals surface area contributed by atoms with Crippen molar-refractivity contribution in [2.24, 2.45) is 5.73 Å². The molecule has 11 heavy (non-hydrogen) atoms. The average molecular weight is 177 g/mol. The number of unbranched alkanes of at least 4 members (excludes halogenated alkanes) is 1. The highest BCUT2D eigenvalue weighted by atomic mass is 32.2. The summed E-state index contributed by atoms with van der Waals surface area (Å²) >= 11 is 1.89. The minimum absolute atomic E-state index is 0.182. The third-order valence-electron chi connectivity index (χ3n) is 1.47. The van der Waals surface area contributed by atoms with Crippen molar-refractivity contribution in [1.29, 1.82) is 0 Å². The summed E-state index contributed by atoms with van der Waals surface area (Å²) in [6, 6.07) is 0.182. The maximum absolute atomic E-state index is 8.55. The van der Waals surface area contributed by atoms with Crippen molar-refractivity contribution in [3.63, 3.8) is 0 Å². The molecular weight excluding hydrogens is 158 g/mol. The molecule has 0 aromatic carbocycles. The molecule has 0 aliphatic carbocycles. The molecule has 3 N–H and O–H groups in total. The molecule has 2 nitrogen and oxygen atoms in total. The Kier molecular flexibility index (Phi) is 8.57. The van der Waals surface area contributed by atoms with Crippen LogP contribution < -0.4 is 5.73 Å². The van der Waals surface area contributed by atoms with Crippen LogP contribution in [0.4, 0.5) is 0 Å². The van der Waals surface area contributed by atoms with E-state index in [1.807, 2.05) is 11.8 Å². The van der Waals surface area contributed by atoms with Crippen LogP contribution in [0.1, 0.15) is 26.2 Å². The summed E-state index contributed by atoms with van der Waals surface area (Å²) in [5, 5.41) is 8.55. The van der Waals surface area contributed by atoms with Gasteiger partial charge in [-0.25, -0.2) is 0 Å². The molecule has 0 aromatic rings. The van der Waals surface area contributed by atoms with E-state index in [1.165, 1.54) is 18.6 Å². The van der Waals surface area contributed by atoms with Gasteiger partial charge in [-0.2, -0.15) is 11.8 Å². The molecule has 0 saturated heterocycles. The molecule has 0 saturated carbocycles. The highest BCUT2D eigenvalue weighted by molar-refractivity contribution is 7.99. The van der Waals surface area contributed by atoms with Crippen LogP contribution in [0.25, 0.3) is 0 Å². The molecule has 0 aromatic heterocycles. The molecule has 0 fully saturated rings. The van der Waals surface area contributed by atoms with Gasteiger partial charge >= 0.3 is 0 Å². The van der Waals surface area contributed by atoms with E-state index in [0.29, 0.717) is 0 Å². The van der Waals surface area contributed by atoms with E-state index in [1.54, 1.807) is 0 Å². The van der Waals surface area contributed by atoms with Crippen LogP contribution in [0, 0.1) is 0 Å². The van der Waals surface area contributed by atoms with Gasteiger partial charge in [0.25, 0.3) is 0 Å². The van der Waals surface area contributed by atoms with Crippen molar-refractivity contribution in [3.05, 3.63) is 0 Å². The normalized spacial score (nSPS) is 13.4. The van der Waals surface area contributed by atoms with Crippen LogP contribution in [-0.2, 0) is 0 Å². The van der Waals surface area contributed by atoms with E-state index in [9.17, 15) is 0 Å². The van der Waals surface area contributed by atoms with Crippen molar-refractivity contribution in [2.75, 3.05) is 18.1 Å². The van der Waals surface area contributed by atoms with Gasteiger partial charge in [0.1, 0.15) is 0 Å². The number of thioether (sulfide) groups is 1. The first kappa shape index (κ1) is 11.3. The van der Waals surface area contributed by atoms with Crippen molar-refractivity contribution in [1.82, 2.24) is 0 Å². The zero-order valence-corrected chi connectivity index (χ0v) is 8.07. The SMILES string of the molecule is CCCCSCC(N)CCO. The number of nitrogens with two attached hydrogens (primary N) is 1. The number of rotatable bonds is 7. The first-order valence-electron chi connectivity index (χ1n) is 4.25. The van der Waals surface area contributed by atoms with Crippen LogP contribution in [0.5, 0.6) is 0 Å². The van der Waals surface area contributed by atoms with Crippen molar-refractivity contribution in [2.45, 2.75) is 32.2 Å². The third-order valence-corrected chi connectivity index (χ3v) is 2.72. The van der Waals surface area contributed by atoms with Crippen LogP contribution in [0.2, 0.25) is 0 Å². The summed E-state index contributed by atoms with van der Waals surface area (Å²) in [6.45, 7) is 2.41. The predicted octanol–water partition coefficient (Wildman–Crippen LogP) is 1.23. The quantitative estimate of drug-likeness (QED) is 0.575. The fourth-order valence-corrected chi connectivity index (χ4v) is 1.86. The summed E-state index contributed by atoms with van der Waals surface area (Å²) in [6.07, 6.45) is 3.26. The first-order valence-corrected chi connectivity index (χ1v) is 5.41. The molecule has 0 bridgehead atoms. The van der Waals surface area contributed by atoms with E-state index < -0.39 is 0 Å². The maximum atomic E-state index is 8.55. The van der Waals surface area contributed by atoms with Gasteiger partial charge in [-0.15, -0.1) is 0 Å². The molecule has 0 spiro atoms. The van der Waals surface area contributed by atoms with Crippen LogP contribution in [0.3, 0.4) is 0 Å². The van der Waals surface area contributed by atoms with Gasteiger partial charge in [-0.1, -0.05) is 13.3 Å². The second-order valence-corrected chi connectivity index (χ2v) is 3.85. The smallest absolute Gasteiger partial charge is 0.0446 e. The minimum Gasteiger partial charge on any atom is -0.396 e. The number of aliphatic hydroxyl groups excluding tert-OH is 1. The van der Waals surface area contributed by atoms with E-state index in [2.05, 4.69) is 6.92 Å². The van der Waals surface area contributed by atoms with Crippen molar-refractivity contribution < 1.29 is 5.11 Å². The van der Waals surface area contributed by atoms with Gasteiger partial charge in [-0.05, 0) is 18.6 Å². The van der Waals surface area contributed by atoms with E-state index in [0.717, 1.165) is 12.2 Å². The molecule has 0 rings (SSSR count). The number of aliphatic hydroxyl groups is 1. The maximum Gasteiger partial charge on any atom is 0.0446 e. The average Bonchev–Trinajstić information content (AvgIpc) is 1.99. The lowest BCUT2D eigenvalue weighted by Crippen LogP contribution is -2.24. The Hall–Kier alpha value is 0.270. The van der Waals surface area contributed by atoms with Crippen molar-refractivity contribution in [3.8, 4) is 0 Å². The highest BCUT2D eigenvalue weighted by Gasteiger charge is 1.99. The second-order valence-electron chi connectivity index (χ2n) is 2.70. The summed E-state index contributed by atoms with van der Waals surface area (Å²) in [7, 11) is 0. The molecule has 0 heterocycles. The predicted molar refractivity (Wildman–Crippen MR) is 51.9 cm³/mol. The Bertz CT molecular complexity index is 80.5. The monoisotopic (exact) mass is 177 g/mol. The highest BCUT2D eigenvalue weighted by Crippen LogP contribution is 2.06. The van der Waals surface area contributed by atoms with E-state index in [4.69, 9.17) is 10.8 Å². The molecule has 0 radical (unpaired) electrons. The van der Waals surface area contributed by atoms with E-state index in [-0.39, 0.29) is 12.6 Å². The number of hydrogen-bond acceptors (Lipinski definition) is 3. The topological polar surface area (TPSA) is 46.2 Å². The Balaban J connectivity index is 2.97. The van der Waals surface area contributed by atoms with Gasteiger partial charge in [0.15, 0.2) is 0 Å². The zero-order chi connectivity index (χ0) is 8.53. The minimum atomic E-state index is 0.182. The Morgan fingerprint density at radius 2 is 2.27 bits per heavy atom. The molecule has 0 aliphatic rings. The largest absolute Gasteiger partial charge is 0.396 e. The van der Waals surface area contributed by atoms with Gasteiger partial charge in [-0.3, -0.25) is 0 Å². The lowest BCUT2D eigenvalue weighted by molar-refractivity contribution is 0.279. The fraction of sp³-hybridized carbons (Fsp3) is 1.00. The Morgan fingerprint density at radius 3 is 2.82 bits per heavy atom. The Morgan fingerprint density at radius 1 is 1.55 bits per heavy atom. The molecule has 68 valence electrons. The molecule has 1 atom stereocenters. The standard InChI is InChI=1S/C8H19NOS/c1-2-3-6-11-7-8(9)4-5-10/h8,10H,2-7,9H2,1H3. The van der Waals surface area contributed by atoms with Crippen LogP contribution in [0.15, 0.2) is 0 Å². The van der Waals surface area contributed by atoms with Gasteiger partial charge in [0.2, 0.25) is 0 Å². The second kappa shape index (κ2) is 8.37. The fourth-order valence-electron chi connectivity index (χ4n) is 0.730. The summed E-state index contributed by atoms with van der Waals surface area (Å²) in [5.74, 6) is 2.19. The summed E-state index contributed by atoms with van der Waals surface area (Å²) in [4.78, 5) is 0. The number of hydrogen-bond donors (Lipinski definition) is 2. The van der Waals surface area contributed by atoms with Crippen LogP contribution >= 0.6 is 11.8 Å². The summed E-state index contributed by atoms with van der Waals surface area (Å²) in [5.41, 5.74) is 5.69. The molecule has 0 aliphatic heterocycles. The Labute approximate surface area is 73.6 Å². The van der Waals surface area contributed by atoms with Gasteiger partial charge in [0.05, 0.1) is 0 Å². The molecular formula is C8H19NOS. The zero-order valence-electron chi connectivity index (χ0n) is 7.25. The lowest BCUT2D eigenvalue weighted by atomic mass is 10.3. The van der Waals surface area contributed by atoms with Gasteiger partial charge in [0, 0.05) is 18.4 Å². The summed E-state index contributed by atoms with van der Waals surface area (Å²) < 4.78 is 0. The first-order chi connectivity index (χ1) is 5.31. The van der Waals surface area contributed by atoms with Gasteiger partial charge < -0.3 is 10.8 Å². The molecule has 0 amide bonds. The molecule has 1 unspecified atom stereocenters. The van der Waals surface area contributed by atoms with Crippen molar-refractivity contribution >= 4 is 11.8 Å². The van der Waals surface area contributed by atoms with Crippen LogP contribution in [-0.4, -0.2) is 29.3 Å².